The Morgan fingerprint density at radius 1 is 1.40 bits per heavy atom. The Labute approximate surface area is 62.6 Å². The minimum absolute atomic E-state index is 0.451. The molecule has 0 aliphatic rings. The molecule has 4 heteroatoms. The summed E-state index contributed by atoms with van der Waals surface area (Å²) in [6.07, 6.45) is 1.25. The molecule has 3 nitrogen and oxygen atoms in total. The zero-order chi connectivity index (χ0) is 8.57. The Morgan fingerprint density at radius 2 is 1.70 bits per heavy atom. The van der Waals surface area contributed by atoms with E-state index >= 15 is 0 Å². The Bertz CT molecular complexity index is 193. The smallest absolute Gasteiger partial charge is 0.217 e. The monoisotopic (exact) mass is 164 g/mol. The molecule has 0 fully saturated rings. The first-order valence-corrected chi connectivity index (χ1v) is 4.11. The second kappa shape index (κ2) is 8.36. The second-order valence-electron chi connectivity index (χ2n) is 1.70. The molecule has 0 radical (unpaired) electrons. The molecular formula is C6H12O3S. The van der Waals surface area contributed by atoms with Crippen molar-refractivity contribution in [2.24, 2.45) is 0 Å². The molecule has 0 aromatic carbocycles. The van der Waals surface area contributed by atoms with Gasteiger partial charge in [0.25, 0.3) is 0 Å². The average Bonchev–Trinajstić information content (AvgIpc) is 1.62. The fraction of sp³-hybridized carbons (Fsp3) is 0.667. The zero-order valence-corrected chi connectivity index (χ0v) is 7.23. The van der Waals surface area contributed by atoms with E-state index in [1.807, 2.05) is 0 Å². The molecule has 0 saturated carbocycles. The standard InChI is InChI=1S/C3H4O3S.C3H8/c1-3(4)2-7(5)6;1-3-2/h2H,1H3;3H2,1-2H3. The molecule has 0 atom stereocenters. The van der Waals surface area contributed by atoms with Gasteiger partial charge in [0.2, 0.25) is 10.3 Å². The van der Waals surface area contributed by atoms with E-state index < -0.39 is 16.1 Å². The van der Waals surface area contributed by atoms with E-state index in [-0.39, 0.29) is 0 Å². The average molecular weight is 164 g/mol. The van der Waals surface area contributed by atoms with Crippen molar-refractivity contribution in [2.75, 3.05) is 0 Å². The number of hydrogen-bond acceptors (Lipinski definition) is 3. The van der Waals surface area contributed by atoms with Crippen LogP contribution in [0.5, 0.6) is 0 Å². The molecule has 0 N–H and O–H groups in total. The largest absolute Gasteiger partial charge is 0.294 e. The number of ketones is 1. The number of rotatable bonds is 1. The van der Waals surface area contributed by atoms with E-state index in [4.69, 9.17) is 0 Å². The molecule has 0 saturated heterocycles. The van der Waals surface area contributed by atoms with Crippen LogP contribution in [-0.4, -0.2) is 19.6 Å². The maximum Gasteiger partial charge on any atom is 0.217 e. The fourth-order valence-electron chi connectivity index (χ4n) is 0.136. The summed E-state index contributed by atoms with van der Waals surface area (Å²) in [4.78, 5) is 9.81. The van der Waals surface area contributed by atoms with Crippen LogP contribution in [-0.2, 0) is 15.1 Å². The molecule has 0 aliphatic carbocycles. The minimum atomic E-state index is -2.32. The van der Waals surface area contributed by atoms with Gasteiger partial charge in [-0.05, 0) is 6.92 Å². The number of hydrogen-bond donors (Lipinski definition) is 0. The number of carbonyl (C=O) groups is 1. The van der Waals surface area contributed by atoms with Gasteiger partial charge in [-0.3, -0.25) is 4.79 Å². The maximum atomic E-state index is 9.81. The Balaban J connectivity index is 0. The van der Waals surface area contributed by atoms with Crippen LogP contribution in [0, 0.1) is 0 Å². The van der Waals surface area contributed by atoms with Crippen LogP contribution in [0.2, 0.25) is 0 Å². The Hall–Kier alpha value is -0.640. The van der Waals surface area contributed by atoms with Crippen LogP contribution in [0.4, 0.5) is 0 Å². The van der Waals surface area contributed by atoms with Crippen molar-refractivity contribution in [2.45, 2.75) is 27.2 Å². The highest BCUT2D eigenvalue weighted by molar-refractivity contribution is 7.73. The molecule has 0 bridgehead atoms. The van der Waals surface area contributed by atoms with Crippen molar-refractivity contribution in [3.63, 3.8) is 0 Å². The summed E-state index contributed by atoms with van der Waals surface area (Å²) < 4.78 is 19.1. The highest BCUT2D eigenvalue weighted by Gasteiger charge is 1.79. The molecule has 0 spiro atoms. The molecule has 0 unspecified atom stereocenters. The Kier molecular flexibility index (Phi) is 10.1. The van der Waals surface area contributed by atoms with Gasteiger partial charge in [0.15, 0.2) is 5.78 Å². The summed E-state index contributed by atoms with van der Waals surface area (Å²) in [5.41, 5.74) is 0. The van der Waals surface area contributed by atoms with E-state index in [0.29, 0.717) is 5.37 Å². The third kappa shape index (κ3) is 26.4. The predicted octanol–water partition coefficient (Wildman–Crippen LogP) is 0.673. The van der Waals surface area contributed by atoms with Gasteiger partial charge >= 0.3 is 0 Å². The molecular weight excluding hydrogens is 152 g/mol. The van der Waals surface area contributed by atoms with Crippen LogP contribution in [0.3, 0.4) is 0 Å². The first-order chi connectivity index (χ1) is 4.54. The van der Waals surface area contributed by atoms with Crippen molar-refractivity contribution < 1.29 is 13.2 Å². The van der Waals surface area contributed by atoms with Crippen LogP contribution < -0.4 is 0 Å². The van der Waals surface area contributed by atoms with Gasteiger partial charge in [0.1, 0.15) is 5.37 Å². The lowest BCUT2D eigenvalue weighted by atomic mass is 10.5. The first kappa shape index (κ1) is 12.1. The minimum Gasteiger partial charge on any atom is -0.294 e. The molecule has 60 valence electrons. The van der Waals surface area contributed by atoms with Crippen molar-refractivity contribution >= 4 is 21.4 Å². The maximum absolute atomic E-state index is 9.81. The van der Waals surface area contributed by atoms with E-state index in [1.54, 1.807) is 0 Å². The topological polar surface area (TPSA) is 51.2 Å². The molecule has 0 aliphatic heterocycles. The third-order valence-electron chi connectivity index (χ3n) is 0.262. The number of Topliss-reactive ketones (excluding diaryl/α,β-unsaturated/α-hetero) is 1. The lowest BCUT2D eigenvalue weighted by molar-refractivity contribution is -0.110. The van der Waals surface area contributed by atoms with Gasteiger partial charge in [-0.25, -0.2) is 0 Å². The van der Waals surface area contributed by atoms with Crippen molar-refractivity contribution in [3.05, 3.63) is 0 Å². The lowest BCUT2D eigenvalue weighted by Gasteiger charge is -1.61. The van der Waals surface area contributed by atoms with E-state index in [2.05, 4.69) is 13.8 Å². The van der Waals surface area contributed by atoms with Crippen molar-refractivity contribution in [1.29, 1.82) is 0 Å². The van der Waals surface area contributed by atoms with Gasteiger partial charge in [-0.2, -0.15) is 8.42 Å². The third-order valence-corrected chi connectivity index (χ3v) is 0.787. The summed E-state index contributed by atoms with van der Waals surface area (Å²) in [7, 11) is -2.32. The molecule has 0 amide bonds. The second-order valence-corrected chi connectivity index (χ2v) is 2.45. The predicted molar refractivity (Wildman–Crippen MR) is 41.6 cm³/mol. The highest BCUT2D eigenvalue weighted by Crippen LogP contribution is 1.56. The summed E-state index contributed by atoms with van der Waals surface area (Å²) in [6, 6.07) is 0. The first-order valence-electron chi connectivity index (χ1n) is 2.98. The lowest BCUT2D eigenvalue weighted by Crippen LogP contribution is -1.89. The summed E-state index contributed by atoms with van der Waals surface area (Å²) >= 11 is 0. The quantitative estimate of drug-likeness (QED) is 0.535. The zero-order valence-electron chi connectivity index (χ0n) is 6.42. The molecule has 0 aromatic heterocycles. The van der Waals surface area contributed by atoms with E-state index in [1.165, 1.54) is 13.3 Å². The van der Waals surface area contributed by atoms with Crippen LogP contribution in [0.25, 0.3) is 0 Å². The van der Waals surface area contributed by atoms with Crippen molar-refractivity contribution in [3.8, 4) is 0 Å². The molecule has 0 heterocycles. The van der Waals surface area contributed by atoms with Crippen LogP contribution in [0.15, 0.2) is 0 Å². The molecule has 0 aromatic rings. The van der Waals surface area contributed by atoms with Gasteiger partial charge in [-0.15, -0.1) is 0 Å². The van der Waals surface area contributed by atoms with Crippen LogP contribution >= 0.6 is 0 Å². The van der Waals surface area contributed by atoms with Gasteiger partial charge < -0.3 is 0 Å². The fourth-order valence-corrected chi connectivity index (χ4v) is 0.407. The summed E-state index contributed by atoms with van der Waals surface area (Å²) in [5, 5.41) is 0.611. The SMILES string of the molecule is CC(=O)C=S(=O)=O.CCC. The van der Waals surface area contributed by atoms with E-state index in [0.717, 1.165) is 0 Å². The van der Waals surface area contributed by atoms with Gasteiger partial charge in [-0.1, -0.05) is 20.3 Å². The summed E-state index contributed by atoms with van der Waals surface area (Å²) in [5.74, 6) is -0.451. The summed E-state index contributed by atoms with van der Waals surface area (Å²) in [6.45, 7) is 5.43. The van der Waals surface area contributed by atoms with Crippen molar-refractivity contribution in [1.82, 2.24) is 0 Å². The van der Waals surface area contributed by atoms with Gasteiger partial charge in [0, 0.05) is 0 Å². The number of carbonyl (C=O) groups excluding carboxylic acids is 1. The molecule has 0 rings (SSSR count). The van der Waals surface area contributed by atoms with Gasteiger partial charge in [0.05, 0.1) is 0 Å². The normalized spacial score (nSPS) is 7.10. The van der Waals surface area contributed by atoms with Crippen LogP contribution in [0.1, 0.15) is 27.2 Å². The molecule has 10 heavy (non-hydrogen) atoms. The van der Waals surface area contributed by atoms with E-state index in [9.17, 15) is 13.2 Å². The Morgan fingerprint density at radius 3 is 1.70 bits per heavy atom. The highest BCUT2D eigenvalue weighted by atomic mass is 32.2.